The second-order valence-corrected chi connectivity index (χ2v) is 10.3. The molecule has 0 aromatic carbocycles. The summed E-state index contributed by atoms with van der Waals surface area (Å²) < 4.78 is 34.3. The van der Waals surface area contributed by atoms with Gasteiger partial charge in [-0.1, -0.05) is 0 Å². The van der Waals surface area contributed by atoms with Crippen LogP contribution in [0.1, 0.15) is 57.9 Å². The highest BCUT2D eigenvalue weighted by Gasteiger charge is 2.44. The molecule has 1 N–H and O–H groups in total. The Morgan fingerprint density at radius 1 is 1.09 bits per heavy atom. The van der Waals surface area contributed by atoms with Gasteiger partial charge in [0.25, 0.3) is 0 Å². The lowest BCUT2D eigenvalue weighted by atomic mass is 9.67. The van der Waals surface area contributed by atoms with Gasteiger partial charge in [-0.3, -0.25) is 0 Å². The number of pyridine rings is 1. The molecule has 0 unspecified atom stereocenters. The van der Waals surface area contributed by atoms with Crippen LogP contribution < -0.4 is 5.32 Å². The number of halogens is 2. The van der Waals surface area contributed by atoms with Crippen molar-refractivity contribution in [1.82, 2.24) is 19.6 Å². The first-order valence-corrected chi connectivity index (χ1v) is 12.5. The number of nitrogens with zero attached hydrogens (tertiary/aromatic N) is 5. The van der Waals surface area contributed by atoms with Crippen LogP contribution in [0.4, 0.5) is 20.5 Å². The zero-order valence-corrected chi connectivity index (χ0v) is 20.1. The van der Waals surface area contributed by atoms with E-state index in [1.165, 1.54) is 5.56 Å². The zero-order valence-electron chi connectivity index (χ0n) is 20.1. The average Bonchev–Trinajstić information content (AvgIpc) is 3.39. The van der Waals surface area contributed by atoms with E-state index in [0.717, 1.165) is 54.2 Å². The van der Waals surface area contributed by atoms with Crippen molar-refractivity contribution in [2.45, 2.75) is 69.8 Å². The van der Waals surface area contributed by atoms with Crippen LogP contribution >= 0.6 is 0 Å². The number of alkyl halides is 2. The van der Waals surface area contributed by atoms with Crippen molar-refractivity contribution in [3.05, 3.63) is 36.3 Å². The molecule has 7 nitrogen and oxygen atoms in total. The number of aliphatic imine (C=N–C) groups is 1. The smallest absolute Gasteiger partial charge is 0.248 e. The fourth-order valence-corrected chi connectivity index (χ4v) is 5.91. The molecule has 9 heteroatoms. The second kappa shape index (κ2) is 8.33. The molecule has 0 bridgehead atoms. The normalized spacial score (nSPS) is 25.0. The van der Waals surface area contributed by atoms with Crippen molar-refractivity contribution in [3.63, 3.8) is 0 Å². The number of ether oxygens (including phenoxy) is 1. The average molecular weight is 481 g/mol. The van der Waals surface area contributed by atoms with Gasteiger partial charge in [0.15, 0.2) is 5.82 Å². The molecule has 1 saturated heterocycles. The van der Waals surface area contributed by atoms with E-state index in [9.17, 15) is 8.78 Å². The van der Waals surface area contributed by atoms with Crippen LogP contribution in [-0.4, -0.2) is 50.5 Å². The fourth-order valence-electron chi connectivity index (χ4n) is 5.91. The Labute approximate surface area is 203 Å². The molecule has 0 amide bonds. The minimum atomic E-state index is -2.55. The summed E-state index contributed by atoms with van der Waals surface area (Å²) in [6.07, 6.45) is 8.24. The molecule has 0 radical (unpaired) electrons. The predicted octanol–water partition coefficient (Wildman–Crippen LogP) is 5.57. The summed E-state index contributed by atoms with van der Waals surface area (Å²) in [5.74, 6) is -0.810. The maximum absolute atomic E-state index is 13.5. The standard InChI is InChI=1S/C26H30F2N6O/c1-16-25(2,18-6-11-35-12-7-18)21-13-17(14-29-23(21)31-16)20-5-10-34-22(20)15-30-24(33-34)32-19-3-8-26(27,28)9-4-19/h5,10,13-15,18-19H,3-4,6-9,11-12H2,1-2H3,(H,32,33)/t25-/m1/s1. The Balaban J connectivity index is 1.28. The van der Waals surface area contributed by atoms with Crippen molar-refractivity contribution in [3.8, 4) is 11.1 Å². The van der Waals surface area contributed by atoms with E-state index >= 15 is 0 Å². The maximum Gasteiger partial charge on any atom is 0.248 e. The highest BCUT2D eigenvalue weighted by molar-refractivity contribution is 6.00. The quantitative estimate of drug-likeness (QED) is 0.528. The van der Waals surface area contributed by atoms with Crippen LogP contribution in [0.3, 0.4) is 0 Å². The van der Waals surface area contributed by atoms with Crippen LogP contribution in [0.5, 0.6) is 0 Å². The third kappa shape index (κ3) is 3.90. The van der Waals surface area contributed by atoms with Crippen LogP contribution in [0.2, 0.25) is 0 Å². The summed E-state index contributed by atoms with van der Waals surface area (Å²) in [5, 5.41) is 7.82. The first-order valence-electron chi connectivity index (χ1n) is 12.5. The van der Waals surface area contributed by atoms with Gasteiger partial charge in [0, 0.05) is 72.3 Å². The molecule has 3 aromatic rings. The van der Waals surface area contributed by atoms with Gasteiger partial charge in [-0.2, -0.15) is 0 Å². The molecule has 2 fully saturated rings. The molecule has 2 aliphatic heterocycles. The third-order valence-electron chi connectivity index (χ3n) is 8.27. The summed E-state index contributed by atoms with van der Waals surface area (Å²) in [6.45, 7) is 5.98. The lowest BCUT2D eigenvalue weighted by Gasteiger charge is -2.37. The Hall–Kier alpha value is -2.94. The predicted molar refractivity (Wildman–Crippen MR) is 131 cm³/mol. The van der Waals surface area contributed by atoms with Gasteiger partial charge in [0.2, 0.25) is 11.9 Å². The number of hydrogen-bond donors (Lipinski definition) is 1. The number of anilines is 1. The number of hydrogen-bond acceptors (Lipinski definition) is 6. The fraction of sp³-hybridized carbons (Fsp3) is 0.538. The van der Waals surface area contributed by atoms with E-state index < -0.39 is 5.92 Å². The molecule has 35 heavy (non-hydrogen) atoms. The van der Waals surface area contributed by atoms with Crippen molar-refractivity contribution in [2.24, 2.45) is 10.9 Å². The van der Waals surface area contributed by atoms with Crippen LogP contribution in [0.15, 0.2) is 35.7 Å². The first kappa shape index (κ1) is 22.5. The molecule has 6 rings (SSSR count). The Kier molecular flexibility index (Phi) is 5.36. The SMILES string of the molecule is CC1=Nc2ncc(-c3ccn4nc(NC5CCC(F)(F)CC5)ncc34)cc2[C@@]1(C)C1CCOCC1. The summed E-state index contributed by atoms with van der Waals surface area (Å²) in [7, 11) is 0. The number of nitrogens with one attached hydrogen (secondary N) is 1. The molecule has 3 aromatic heterocycles. The van der Waals surface area contributed by atoms with Gasteiger partial charge in [-0.05, 0) is 57.6 Å². The Morgan fingerprint density at radius 3 is 2.63 bits per heavy atom. The number of aromatic nitrogens is 4. The molecule has 1 atom stereocenters. The van der Waals surface area contributed by atoms with Gasteiger partial charge < -0.3 is 10.1 Å². The zero-order chi connectivity index (χ0) is 24.2. The Bertz CT molecular complexity index is 1290. The lowest BCUT2D eigenvalue weighted by Crippen LogP contribution is -2.39. The van der Waals surface area contributed by atoms with E-state index in [2.05, 4.69) is 35.3 Å². The highest BCUT2D eigenvalue weighted by Crippen LogP contribution is 2.48. The number of fused-ring (bicyclic) bond motifs is 2. The van der Waals surface area contributed by atoms with E-state index in [1.807, 2.05) is 18.5 Å². The monoisotopic (exact) mass is 480 g/mol. The van der Waals surface area contributed by atoms with Crippen molar-refractivity contribution >= 4 is 23.0 Å². The number of rotatable bonds is 4. The van der Waals surface area contributed by atoms with E-state index in [-0.39, 0.29) is 24.3 Å². The van der Waals surface area contributed by atoms with Gasteiger partial charge >= 0.3 is 0 Å². The first-order chi connectivity index (χ1) is 16.8. The molecular formula is C26H30F2N6O. The van der Waals surface area contributed by atoms with E-state index in [0.29, 0.717) is 24.7 Å². The van der Waals surface area contributed by atoms with Gasteiger partial charge in [-0.15, -0.1) is 5.10 Å². The van der Waals surface area contributed by atoms with Crippen LogP contribution in [0.25, 0.3) is 16.6 Å². The summed E-state index contributed by atoms with van der Waals surface area (Å²) >= 11 is 0. The molecule has 184 valence electrons. The van der Waals surface area contributed by atoms with Crippen LogP contribution in [0, 0.1) is 5.92 Å². The maximum atomic E-state index is 13.5. The molecule has 0 spiro atoms. The van der Waals surface area contributed by atoms with Gasteiger partial charge in [0.05, 0.1) is 11.7 Å². The lowest BCUT2D eigenvalue weighted by molar-refractivity contribution is -0.0361. The van der Waals surface area contributed by atoms with Crippen molar-refractivity contribution in [1.29, 1.82) is 0 Å². The second-order valence-electron chi connectivity index (χ2n) is 10.3. The van der Waals surface area contributed by atoms with Crippen molar-refractivity contribution in [2.75, 3.05) is 18.5 Å². The third-order valence-corrected chi connectivity index (χ3v) is 8.27. The minimum Gasteiger partial charge on any atom is -0.381 e. The summed E-state index contributed by atoms with van der Waals surface area (Å²) in [4.78, 5) is 14.0. The molecular weight excluding hydrogens is 450 g/mol. The molecule has 1 saturated carbocycles. The largest absolute Gasteiger partial charge is 0.381 e. The molecule has 5 heterocycles. The van der Waals surface area contributed by atoms with E-state index in [4.69, 9.17) is 14.7 Å². The van der Waals surface area contributed by atoms with Crippen molar-refractivity contribution < 1.29 is 13.5 Å². The minimum absolute atomic E-state index is 0.0332. The topological polar surface area (TPSA) is 76.7 Å². The van der Waals surface area contributed by atoms with E-state index in [1.54, 1.807) is 10.7 Å². The van der Waals surface area contributed by atoms with Gasteiger partial charge in [0.1, 0.15) is 0 Å². The molecule has 3 aliphatic rings. The molecule has 1 aliphatic carbocycles. The summed E-state index contributed by atoms with van der Waals surface area (Å²) in [5.41, 5.74) is 5.02. The van der Waals surface area contributed by atoms with Crippen LogP contribution in [-0.2, 0) is 10.2 Å². The Morgan fingerprint density at radius 2 is 1.86 bits per heavy atom. The highest BCUT2D eigenvalue weighted by atomic mass is 19.3. The van der Waals surface area contributed by atoms with Gasteiger partial charge in [-0.25, -0.2) is 28.3 Å². The summed E-state index contributed by atoms with van der Waals surface area (Å²) in [6, 6.07) is 4.21.